The van der Waals surface area contributed by atoms with Gasteiger partial charge in [-0.25, -0.2) is 0 Å². The summed E-state index contributed by atoms with van der Waals surface area (Å²) < 4.78 is 41.4. The van der Waals surface area contributed by atoms with Crippen LogP contribution >= 0.6 is 47.8 Å². The van der Waals surface area contributed by atoms with E-state index >= 15 is 0 Å². The zero-order valence-corrected chi connectivity index (χ0v) is 59.8. The van der Waals surface area contributed by atoms with Crippen molar-refractivity contribution in [3.8, 4) is 34.5 Å². The SMILES string of the molecule is COc1c2cc(C(C)(C)C)cc1Cc1cc(C(C)(C)C)cc(c1OCCBr)Cc1cc(C(C)(C)C)cc(c1OC)Cc1cc(C(C)(C)C)cc(c1OCCBr)Cc1cc(C(C)(C)C)cc(c1OC)Cc1cc(C(C)(C)C)cc(c1OCCBr)C2. The monoisotopic (exact) mass is 1330 g/mol. The Balaban J connectivity index is 1.70. The molecular formula is C75H99Br3O6. The van der Waals surface area contributed by atoms with Gasteiger partial charge in [-0.1, -0.05) is 245 Å². The van der Waals surface area contributed by atoms with Gasteiger partial charge in [-0.15, -0.1) is 0 Å². The van der Waals surface area contributed by atoms with Crippen LogP contribution in [0.25, 0.3) is 0 Å². The van der Waals surface area contributed by atoms with Gasteiger partial charge in [-0.3, -0.25) is 0 Å². The van der Waals surface area contributed by atoms with Crippen LogP contribution in [0.3, 0.4) is 0 Å². The second-order valence-corrected chi connectivity index (χ2v) is 31.9. The molecule has 0 N–H and O–H groups in total. The Morgan fingerprint density at radius 2 is 0.381 bits per heavy atom. The van der Waals surface area contributed by atoms with Gasteiger partial charge in [-0.2, -0.15) is 0 Å². The smallest absolute Gasteiger partial charge is 0.126 e. The summed E-state index contributed by atoms with van der Waals surface area (Å²) in [4.78, 5) is 0. The van der Waals surface area contributed by atoms with Crippen molar-refractivity contribution in [3.05, 3.63) is 173 Å². The third-order valence-electron chi connectivity index (χ3n) is 16.5. The average Bonchev–Trinajstić information content (AvgIpc) is 1.40. The standard InChI is InChI=1S/C75H99Br3O6/c1-70(2,3)58-34-46-28-52-40-61(73(10,11)12)42-54(67(52)82-25-22-76)30-48-36-59(71(4,5)6)38-50(65(48)80-20)32-56-44-63(75(16,17)18)45-57(69(56)84-27-24-78)33-51-39-60(72(7,8)9)37-49(66(51)81-21)31-55-43-62(74(13,14)15)41-53(68(55)83-26-23-77)29-47(35-58)64(46)79-19/h34-45H,22-33H2,1-21H3. The highest BCUT2D eigenvalue weighted by Crippen LogP contribution is 2.46. The Hall–Kier alpha value is -4.44. The van der Waals surface area contributed by atoms with E-state index in [1.54, 1.807) is 0 Å². The highest BCUT2D eigenvalue weighted by Gasteiger charge is 2.31. The minimum absolute atomic E-state index is 0.173. The van der Waals surface area contributed by atoms with Gasteiger partial charge in [0.15, 0.2) is 0 Å². The molecule has 9 heteroatoms. The molecule has 0 heterocycles. The molecule has 0 aliphatic heterocycles. The lowest BCUT2D eigenvalue weighted by atomic mass is 9.79. The molecule has 0 radical (unpaired) electrons. The molecule has 0 saturated heterocycles. The van der Waals surface area contributed by atoms with Crippen molar-refractivity contribution >= 4 is 47.8 Å². The van der Waals surface area contributed by atoms with E-state index in [2.05, 4.69) is 245 Å². The van der Waals surface area contributed by atoms with Crippen LogP contribution in [0.1, 0.15) is 225 Å². The second kappa shape index (κ2) is 26.5. The molecule has 0 unspecified atom stereocenters. The maximum absolute atomic E-state index is 7.07. The average molecular weight is 1340 g/mol. The fourth-order valence-corrected chi connectivity index (χ4v) is 12.2. The van der Waals surface area contributed by atoms with Crippen molar-refractivity contribution in [1.29, 1.82) is 0 Å². The predicted molar refractivity (Wildman–Crippen MR) is 365 cm³/mol. The van der Waals surface area contributed by atoms with E-state index in [-0.39, 0.29) is 32.5 Å². The summed E-state index contributed by atoms with van der Waals surface area (Å²) >= 11 is 11.3. The molecule has 6 aromatic rings. The minimum Gasteiger partial charge on any atom is -0.496 e. The molecule has 1 aliphatic carbocycles. The first-order valence-corrected chi connectivity index (χ1v) is 33.7. The lowest BCUT2D eigenvalue weighted by Crippen LogP contribution is -2.17. The van der Waals surface area contributed by atoms with Gasteiger partial charge in [0.05, 0.1) is 41.2 Å². The maximum atomic E-state index is 7.07. The summed E-state index contributed by atoms with van der Waals surface area (Å²) in [7, 11) is 5.50. The zero-order chi connectivity index (χ0) is 62.1. The van der Waals surface area contributed by atoms with Crippen molar-refractivity contribution in [3.63, 3.8) is 0 Å². The normalized spacial score (nSPS) is 13.7. The number of halogens is 3. The summed E-state index contributed by atoms with van der Waals surface area (Å²) in [6, 6.07) is 28.6. The zero-order valence-electron chi connectivity index (χ0n) is 55.0. The van der Waals surface area contributed by atoms with Gasteiger partial charge in [-0.05, 0) is 133 Å². The van der Waals surface area contributed by atoms with Crippen molar-refractivity contribution in [2.45, 2.75) is 196 Å². The van der Waals surface area contributed by atoms with Crippen LogP contribution in [0.15, 0.2) is 72.8 Å². The van der Waals surface area contributed by atoms with E-state index in [1.165, 1.54) is 33.4 Å². The molecule has 0 amide bonds. The van der Waals surface area contributed by atoms with E-state index < -0.39 is 0 Å². The molecule has 0 atom stereocenters. The van der Waals surface area contributed by atoms with Crippen molar-refractivity contribution < 1.29 is 28.4 Å². The first-order valence-electron chi connectivity index (χ1n) is 30.3. The number of fused-ring (bicyclic) bond motifs is 12. The predicted octanol–water partition coefficient (Wildman–Crippen LogP) is 19.7. The highest BCUT2D eigenvalue weighted by atomic mass is 79.9. The molecular weight excluding hydrogens is 1240 g/mol. The largest absolute Gasteiger partial charge is 0.496 e. The highest BCUT2D eigenvalue weighted by molar-refractivity contribution is 9.09. The summed E-state index contributed by atoms with van der Waals surface area (Å²) in [6.07, 6.45) is 3.55. The second-order valence-electron chi connectivity index (χ2n) is 29.5. The molecule has 0 aromatic heterocycles. The van der Waals surface area contributed by atoms with Gasteiger partial charge in [0.25, 0.3) is 0 Å². The summed E-state index contributed by atoms with van der Waals surface area (Å²) in [5.74, 6) is 5.35. The van der Waals surface area contributed by atoms with Crippen LogP contribution in [0.5, 0.6) is 34.5 Å². The van der Waals surface area contributed by atoms with Crippen LogP contribution in [-0.4, -0.2) is 57.1 Å². The van der Waals surface area contributed by atoms with Crippen molar-refractivity contribution in [1.82, 2.24) is 0 Å². The quantitative estimate of drug-likeness (QED) is 0.114. The van der Waals surface area contributed by atoms with Gasteiger partial charge < -0.3 is 28.4 Å². The van der Waals surface area contributed by atoms with E-state index in [1.807, 2.05) is 21.3 Å². The molecule has 0 fully saturated rings. The van der Waals surface area contributed by atoms with Crippen LogP contribution < -0.4 is 28.4 Å². The minimum atomic E-state index is -0.174. The Kier molecular flexibility index (Phi) is 21.2. The summed E-state index contributed by atoms with van der Waals surface area (Å²) in [6.45, 7) is 43.1. The van der Waals surface area contributed by atoms with Crippen LogP contribution in [0.2, 0.25) is 0 Å². The van der Waals surface area contributed by atoms with E-state index in [9.17, 15) is 0 Å². The van der Waals surface area contributed by atoms with E-state index in [4.69, 9.17) is 28.4 Å². The number of rotatable bonds is 12. The molecule has 0 spiro atoms. The van der Waals surface area contributed by atoms with E-state index in [0.29, 0.717) is 74.3 Å². The molecule has 12 bridgehead atoms. The van der Waals surface area contributed by atoms with Crippen molar-refractivity contribution in [2.75, 3.05) is 57.1 Å². The van der Waals surface area contributed by atoms with Crippen LogP contribution in [0, 0.1) is 0 Å². The third-order valence-corrected chi connectivity index (χ3v) is 17.5. The van der Waals surface area contributed by atoms with Gasteiger partial charge in [0.1, 0.15) is 34.5 Å². The topological polar surface area (TPSA) is 55.4 Å². The van der Waals surface area contributed by atoms with Gasteiger partial charge >= 0.3 is 0 Å². The first-order chi connectivity index (χ1) is 39.1. The Labute approximate surface area is 532 Å². The third kappa shape index (κ3) is 15.8. The lowest BCUT2D eigenvalue weighted by molar-refractivity contribution is 0.337. The number of hydrogen-bond acceptors (Lipinski definition) is 6. The summed E-state index contributed by atoms with van der Waals surface area (Å²) in [5, 5.41) is 2.06. The van der Waals surface area contributed by atoms with Crippen molar-refractivity contribution in [2.24, 2.45) is 0 Å². The summed E-state index contributed by atoms with van der Waals surface area (Å²) in [5.41, 5.74) is 19.9. The number of hydrogen-bond donors (Lipinski definition) is 0. The Morgan fingerprint density at radius 1 is 0.250 bits per heavy atom. The fraction of sp³-hybridized carbons (Fsp3) is 0.520. The van der Waals surface area contributed by atoms with Gasteiger partial charge in [0.2, 0.25) is 0 Å². The number of methoxy groups -OCH3 is 3. The fourth-order valence-electron chi connectivity index (χ4n) is 11.7. The molecule has 6 nitrogen and oxygen atoms in total. The molecule has 7 rings (SSSR count). The van der Waals surface area contributed by atoms with E-state index in [0.717, 1.165) is 101 Å². The van der Waals surface area contributed by atoms with Crippen LogP contribution in [0.4, 0.5) is 0 Å². The molecule has 6 aromatic carbocycles. The molecule has 1 aliphatic rings. The Bertz CT molecular complexity index is 2810. The lowest BCUT2D eigenvalue weighted by Gasteiger charge is -2.29. The molecule has 456 valence electrons. The first kappa shape index (κ1) is 67.1. The Morgan fingerprint density at radius 3 is 0.488 bits per heavy atom. The van der Waals surface area contributed by atoms with Crippen LogP contribution in [-0.2, 0) is 71.0 Å². The molecule has 84 heavy (non-hydrogen) atoms. The number of benzene rings is 6. The van der Waals surface area contributed by atoms with Gasteiger partial charge in [0, 0.05) is 54.5 Å². The maximum Gasteiger partial charge on any atom is 0.126 e. The number of alkyl halides is 3. The number of ether oxygens (including phenoxy) is 6. The molecule has 0 saturated carbocycles.